The predicted octanol–water partition coefficient (Wildman–Crippen LogP) is 2.03. The van der Waals surface area contributed by atoms with E-state index in [2.05, 4.69) is 10.3 Å². The Morgan fingerprint density at radius 3 is 2.64 bits per heavy atom. The lowest BCUT2D eigenvalue weighted by molar-refractivity contribution is 0.0975. The van der Waals surface area contributed by atoms with E-state index in [1.54, 1.807) is 6.92 Å². The Morgan fingerprint density at radius 2 is 2.05 bits per heavy atom. The molecule has 1 heterocycles. The topological polar surface area (TPSA) is 82.2 Å². The zero-order chi connectivity index (χ0) is 16.1. The first-order valence-electron chi connectivity index (χ1n) is 7.18. The molecule has 1 aromatic carbocycles. The zero-order valence-electron chi connectivity index (χ0n) is 12.6. The highest BCUT2D eigenvalue weighted by molar-refractivity contribution is 7.11. The van der Waals surface area contributed by atoms with Gasteiger partial charge in [-0.15, -0.1) is 0 Å². The van der Waals surface area contributed by atoms with Crippen LogP contribution in [0.2, 0.25) is 0 Å². The monoisotopic (exact) mass is 320 g/mol. The summed E-state index contributed by atoms with van der Waals surface area (Å²) >= 11 is 0.947. The zero-order valence-corrected chi connectivity index (χ0v) is 13.4. The molecular weight excluding hydrogens is 300 g/mol. The Morgan fingerprint density at radius 1 is 1.36 bits per heavy atom. The first-order valence-corrected chi connectivity index (χ1v) is 8.00. The van der Waals surface area contributed by atoms with E-state index in [1.165, 1.54) is 0 Å². The maximum absolute atomic E-state index is 12.0. The molecule has 1 aromatic heterocycles. The van der Waals surface area contributed by atoms with E-state index >= 15 is 0 Å². The van der Waals surface area contributed by atoms with Crippen molar-refractivity contribution in [1.82, 2.24) is 10.3 Å². The average molecular weight is 320 g/mol. The Kier molecular flexibility index (Phi) is 5.65. The number of aliphatic hydroxyl groups is 1. The highest BCUT2D eigenvalue weighted by Crippen LogP contribution is 2.16. The molecule has 2 atom stereocenters. The van der Waals surface area contributed by atoms with Crippen molar-refractivity contribution in [2.24, 2.45) is 0 Å². The smallest absolute Gasteiger partial charge is 0.305 e. The molecule has 0 aliphatic carbocycles. The number of ketones is 1. The van der Waals surface area contributed by atoms with Crippen LogP contribution in [0.3, 0.4) is 0 Å². The van der Waals surface area contributed by atoms with Gasteiger partial charge < -0.3 is 15.4 Å². The summed E-state index contributed by atoms with van der Waals surface area (Å²) in [5, 5.41) is 13.4. The van der Waals surface area contributed by atoms with Crippen molar-refractivity contribution in [3.63, 3.8) is 0 Å². The van der Waals surface area contributed by atoms with Crippen LogP contribution in [0.5, 0.6) is 0 Å². The second-order valence-electron chi connectivity index (χ2n) is 5.24. The molecule has 0 amide bonds. The van der Waals surface area contributed by atoms with Crippen LogP contribution in [0.15, 0.2) is 35.1 Å². The number of aliphatic hydroxyl groups excluding tert-OH is 1. The molecule has 0 bridgehead atoms. The van der Waals surface area contributed by atoms with Gasteiger partial charge in [0.15, 0.2) is 5.78 Å². The minimum Gasteiger partial charge on any atom is -0.387 e. The Bertz CT molecular complexity index is 678. The van der Waals surface area contributed by atoms with Gasteiger partial charge in [0.2, 0.25) is 0 Å². The highest BCUT2D eigenvalue weighted by atomic mass is 32.1. The SMILES string of the molecule is Cc1[nH]c(=O)sc1C(=O)CCNC(C)C(O)c1ccccc1. The summed E-state index contributed by atoms with van der Waals surface area (Å²) in [6.45, 7) is 4.05. The molecule has 0 aliphatic heterocycles. The number of carbonyl (C=O) groups is 1. The van der Waals surface area contributed by atoms with E-state index in [4.69, 9.17) is 0 Å². The first-order chi connectivity index (χ1) is 10.5. The van der Waals surface area contributed by atoms with Gasteiger partial charge in [-0.25, -0.2) is 0 Å². The number of hydrogen-bond donors (Lipinski definition) is 3. The number of H-pyrrole nitrogens is 1. The third-order valence-corrected chi connectivity index (χ3v) is 4.54. The summed E-state index contributed by atoms with van der Waals surface area (Å²) in [6, 6.07) is 9.23. The second-order valence-corrected chi connectivity index (χ2v) is 6.22. The molecule has 2 unspecified atom stereocenters. The summed E-state index contributed by atoms with van der Waals surface area (Å²) < 4.78 is 0. The number of aromatic nitrogens is 1. The summed E-state index contributed by atoms with van der Waals surface area (Å²) in [7, 11) is 0. The number of benzene rings is 1. The molecular formula is C16H20N2O3S. The summed E-state index contributed by atoms with van der Waals surface area (Å²) in [5.74, 6) is -0.0604. The van der Waals surface area contributed by atoms with Crippen LogP contribution >= 0.6 is 11.3 Å². The quantitative estimate of drug-likeness (QED) is 0.682. The van der Waals surface area contributed by atoms with Crippen LogP contribution in [0, 0.1) is 6.92 Å². The first kappa shape index (κ1) is 16.6. The van der Waals surface area contributed by atoms with Gasteiger partial charge in [0.25, 0.3) is 0 Å². The molecule has 5 nitrogen and oxygen atoms in total. The van der Waals surface area contributed by atoms with E-state index < -0.39 is 6.10 Å². The van der Waals surface area contributed by atoms with Crippen molar-refractivity contribution in [1.29, 1.82) is 0 Å². The molecule has 0 saturated carbocycles. The van der Waals surface area contributed by atoms with Crippen LogP contribution in [-0.4, -0.2) is 28.5 Å². The Hall–Kier alpha value is -1.76. The average Bonchev–Trinajstić information content (AvgIpc) is 2.86. The van der Waals surface area contributed by atoms with Crippen molar-refractivity contribution < 1.29 is 9.90 Å². The van der Waals surface area contributed by atoms with E-state index in [-0.39, 0.29) is 16.7 Å². The number of aryl methyl sites for hydroxylation is 1. The molecule has 0 aliphatic rings. The van der Waals surface area contributed by atoms with Gasteiger partial charge in [0, 0.05) is 24.7 Å². The van der Waals surface area contributed by atoms with Gasteiger partial charge in [-0.05, 0) is 19.4 Å². The van der Waals surface area contributed by atoms with Crippen LogP contribution in [0.4, 0.5) is 0 Å². The number of aromatic amines is 1. The second kappa shape index (κ2) is 7.49. The molecule has 0 radical (unpaired) electrons. The lowest BCUT2D eigenvalue weighted by atomic mass is 10.0. The number of nitrogens with one attached hydrogen (secondary N) is 2. The number of carbonyl (C=O) groups excluding carboxylic acids is 1. The van der Waals surface area contributed by atoms with E-state index in [1.807, 2.05) is 37.3 Å². The van der Waals surface area contributed by atoms with Gasteiger partial charge in [0.1, 0.15) is 0 Å². The van der Waals surface area contributed by atoms with E-state index in [9.17, 15) is 14.7 Å². The number of hydrogen-bond acceptors (Lipinski definition) is 5. The molecule has 6 heteroatoms. The molecule has 3 N–H and O–H groups in total. The molecule has 0 spiro atoms. The van der Waals surface area contributed by atoms with Crippen molar-refractivity contribution in [2.75, 3.05) is 6.54 Å². The lowest BCUT2D eigenvalue weighted by Crippen LogP contribution is -2.33. The lowest BCUT2D eigenvalue weighted by Gasteiger charge is -2.20. The minimum atomic E-state index is -0.624. The number of Topliss-reactive ketones (excluding diaryl/α,β-unsaturated/α-hetero) is 1. The standard InChI is InChI=1S/C16H20N2O3S/c1-10(14(20)12-6-4-3-5-7-12)17-9-8-13(19)15-11(2)18-16(21)22-15/h3-7,10,14,17,20H,8-9H2,1-2H3,(H,18,21). The normalized spacial score (nSPS) is 13.8. The molecule has 22 heavy (non-hydrogen) atoms. The molecule has 2 rings (SSSR count). The van der Waals surface area contributed by atoms with Crippen molar-refractivity contribution in [2.45, 2.75) is 32.4 Å². The third-order valence-electron chi connectivity index (χ3n) is 3.51. The van der Waals surface area contributed by atoms with Crippen LogP contribution in [0.1, 0.15) is 40.4 Å². The Labute approximate surface area is 133 Å². The fraction of sp³-hybridized carbons (Fsp3) is 0.375. The van der Waals surface area contributed by atoms with Crippen molar-refractivity contribution >= 4 is 17.1 Å². The van der Waals surface area contributed by atoms with Gasteiger partial charge in [-0.2, -0.15) is 0 Å². The Balaban J connectivity index is 1.84. The molecule has 118 valence electrons. The van der Waals surface area contributed by atoms with Crippen LogP contribution in [-0.2, 0) is 0 Å². The number of thiazole rings is 1. The minimum absolute atomic E-state index is 0.0604. The van der Waals surface area contributed by atoms with Gasteiger partial charge >= 0.3 is 4.87 Å². The summed E-state index contributed by atoms with van der Waals surface area (Å²) in [5.41, 5.74) is 1.46. The highest BCUT2D eigenvalue weighted by Gasteiger charge is 2.17. The van der Waals surface area contributed by atoms with Crippen LogP contribution < -0.4 is 10.2 Å². The number of rotatable bonds is 7. The fourth-order valence-electron chi connectivity index (χ4n) is 2.25. The largest absolute Gasteiger partial charge is 0.387 e. The summed E-state index contributed by atoms with van der Waals surface area (Å²) in [6.07, 6.45) is -0.332. The van der Waals surface area contributed by atoms with E-state index in [0.717, 1.165) is 16.9 Å². The third kappa shape index (κ3) is 4.13. The maximum atomic E-state index is 12.0. The molecule has 2 aromatic rings. The van der Waals surface area contributed by atoms with Crippen molar-refractivity contribution in [3.8, 4) is 0 Å². The molecule has 0 fully saturated rings. The van der Waals surface area contributed by atoms with Gasteiger partial charge in [0.05, 0.1) is 11.0 Å². The van der Waals surface area contributed by atoms with E-state index in [0.29, 0.717) is 23.5 Å². The van der Waals surface area contributed by atoms with Crippen LogP contribution in [0.25, 0.3) is 0 Å². The van der Waals surface area contributed by atoms with Gasteiger partial charge in [-0.1, -0.05) is 41.7 Å². The van der Waals surface area contributed by atoms with Gasteiger partial charge in [-0.3, -0.25) is 9.59 Å². The summed E-state index contributed by atoms with van der Waals surface area (Å²) in [4.78, 5) is 26.1. The molecule has 0 saturated heterocycles. The fourth-order valence-corrected chi connectivity index (χ4v) is 3.06. The van der Waals surface area contributed by atoms with Crippen molar-refractivity contribution in [3.05, 3.63) is 56.1 Å². The maximum Gasteiger partial charge on any atom is 0.305 e. The predicted molar refractivity (Wildman–Crippen MR) is 87.5 cm³/mol.